The van der Waals surface area contributed by atoms with Crippen molar-refractivity contribution in [3.05, 3.63) is 83.8 Å². The van der Waals surface area contributed by atoms with Crippen LogP contribution < -0.4 is 10.1 Å². The highest BCUT2D eigenvalue weighted by Gasteiger charge is 2.20. The summed E-state index contributed by atoms with van der Waals surface area (Å²) < 4.78 is 5.16. The number of ether oxygens (including phenoxy) is 1. The number of anilines is 1. The number of hydrogen-bond acceptors (Lipinski definition) is 5. The summed E-state index contributed by atoms with van der Waals surface area (Å²) in [6.07, 6.45) is 3.12. The minimum Gasteiger partial charge on any atom is -0.497 e. The van der Waals surface area contributed by atoms with Crippen LogP contribution in [0.1, 0.15) is 35.5 Å². The normalized spacial score (nSPS) is 10.6. The average Bonchev–Trinajstić information content (AvgIpc) is 2.77. The number of carbonyl (C=O) groups excluding carboxylic acids is 1. The van der Waals surface area contributed by atoms with Crippen LogP contribution in [0.3, 0.4) is 0 Å². The Labute approximate surface area is 171 Å². The van der Waals surface area contributed by atoms with Gasteiger partial charge in [0.25, 0.3) is 5.91 Å². The Bertz CT molecular complexity index is 910. The van der Waals surface area contributed by atoms with Crippen molar-refractivity contribution < 1.29 is 9.53 Å². The van der Waals surface area contributed by atoms with Gasteiger partial charge in [0.1, 0.15) is 17.3 Å². The van der Waals surface area contributed by atoms with E-state index in [1.165, 1.54) is 6.20 Å². The standard InChI is InChI=1S/C23H26N4O2/c1-17(2)27(16-19-7-5-4-6-8-19)23(28)21-14-26-22(15-24-21)25-13-18-9-11-20(29-3)12-10-18/h4-12,14-15,17H,13,16H2,1-3H3,(H,25,26). The molecule has 0 bridgehead atoms. The number of rotatable bonds is 8. The Morgan fingerprint density at radius 1 is 1.00 bits per heavy atom. The molecule has 29 heavy (non-hydrogen) atoms. The van der Waals surface area contributed by atoms with Gasteiger partial charge >= 0.3 is 0 Å². The van der Waals surface area contributed by atoms with Gasteiger partial charge in [-0.15, -0.1) is 0 Å². The molecule has 1 amide bonds. The van der Waals surface area contributed by atoms with Crippen LogP contribution in [0.15, 0.2) is 67.0 Å². The summed E-state index contributed by atoms with van der Waals surface area (Å²) in [5.41, 5.74) is 2.52. The molecule has 6 heteroatoms. The van der Waals surface area contributed by atoms with E-state index in [0.717, 1.165) is 16.9 Å². The molecule has 0 fully saturated rings. The highest BCUT2D eigenvalue weighted by atomic mass is 16.5. The summed E-state index contributed by atoms with van der Waals surface area (Å²) in [4.78, 5) is 23.4. The van der Waals surface area contributed by atoms with Gasteiger partial charge in [0.2, 0.25) is 0 Å². The lowest BCUT2D eigenvalue weighted by Crippen LogP contribution is -2.36. The molecule has 0 spiro atoms. The Morgan fingerprint density at radius 3 is 2.31 bits per heavy atom. The largest absolute Gasteiger partial charge is 0.497 e. The lowest BCUT2D eigenvalue weighted by Gasteiger charge is -2.26. The first-order chi connectivity index (χ1) is 14.1. The third-order valence-corrected chi connectivity index (χ3v) is 4.58. The first kappa shape index (κ1) is 20.3. The molecular formula is C23H26N4O2. The lowest BCUT2D eigenvalue weighted by molar-refractivity contribution is 0.0684. The molecule has 3 aromatic rings. The highest BCUT2D eigenvalue weighted by Crippen LogP contribution is 2.14. The van der Waals surface area contributed by atoms with Crippen LogP contribution >= 0.6 is 0 Å². The van der Waals surface area contributed by atoms with E-state index in [2.05, 4.69) is 15.3 Å². The van der Waals surface area contributed by atoms with Crippen LogP contribution in [0.5, 0.6) is 5.75 Å². The first-order valence-electron chi connectivity index (χ1n) is 9.60. The van der Waals surface area contributed by atoms with Crippen molar-refractivity contribution in [3.8, 4) is 5.75 Å². The first-order valence-corrected chi connectivity index (χ1v) is 9.60. The van der Waals surface area contributed by atoms with E-state index < -0.39 is 0 Å². The molecule has 0 radical (unpaired) electrons. The summed E-state index contributed by atoms with van der Waals surface area (Å²) in [6, 6.07) is 17.8. The number of amides is 1. The third-order valence-electron chi connectivity index (χ3n) is 4.58. The second-order valence-electron chi connectivity index (χ2n) is 7.00. The second kappa shape index (κ2) is 9.68. The van der Waals surface area contributed by atoms with Crippen molar-refractivity contribution in [3.63, 3.8) is 0 Å². The SMILES string of the molecule is COc1ccc(CNc2cnc(C(=O)N(Cc3ccccc3)C(C)C)cn2)cc1. The zero-order valence-electron chi connectivity index (χ0n) is 17.0. The molecule has 0 saturated carbocycles. The minimum absolute atomic E-state index is 0.0531. The van der Waals surface area contributed by atoms with Crippen LogP contribution in [0.25, 0.3) is 0 Å². The number of hydrogen-bond donors (Lipinski definition) is 1. The van der Waals surface area contributed by atoms with Gasteiger partial charge in [0, 0.05) is 19.1 Å². The van der Waals surface area contributed by atoms with E-state index >= 15 is 0 Å². The van der Waals surface area contributed by atoms with E-state index in [1.54, 1.807) is 18.2 Å². The van der Waals surface area contributed by atoms with Crippen molar-refractivity contribution in [2.24, 2.45) is 0 Å². The van der Waals surface area contributed by atoms with Crippen molar-refractivity contribution >= 4 is 11.7 Å². The Morgan fingerprint density at radius 2 is 1.72 bits per heavy atom. The zero-order valence-corrected chi connectivity index (χ0v) is 17.0. The molecule has 0 aliphatic heterocycles. The maximum absolute atomic E-state index is 12.9. The molecule has 1 heterocycles. The van der Waals surface area contributed by atoms with E-state index in [9.17, 15) is 4.79 Å². The molecule has 0 atom stereocenters. The van der Waals surface area contributed by atoms with Crippen LogP contribution in [-0.4, -0.2) is 33.9 Å². The van der Waals surface area contributed by atoms with Gasteiger partial charge in [0.05, 0.1) is 19.5 Å². The number of methoxy groups -OCH3 is 1. The maximum atomic E-state index is 12.9. The van der Waals surface area contributed by atoms with Crippen LogP contribution in [0.2, 0.25) is 0 Å². The summed E-state index contributed by atoms with van der Waals surface area (Å²) in [7, 11) is 1.64. The average molecular weight is 390 g/mol. The molecule has 6 nitrogen and oxygen atoms in total. The molecular weight excluding hydrogens is 364 g/mol. The van der Waals surface area contributed by atoms with Gasteiger partial charge in [-0.2, -0.15) is 0 Å². The van der Waals surface area contributed by atoms with Crippen molar-refractivity contribution in [2.75, 3.05) is 12.4 Å². The van der Waals surface area contributed by atoms with Crippen molar-refractivity contribution in [1.82, 2.24) is 14.9 Å². The molecule has 0 aliphatic rings. The summed E-state index contributed by atoms with van der Waals surface area (Å²) in [6.45, 7) is 5.15. The highest BCUT2D eigenvalue weighted by molar-refractivity contribution is 5.92. The molecule has 1 N–H and O–H groups in total. The molecule has 0 aliphatic carbocycles. The number of nitrogens with zero attached hydrogens (tertiary/aromatic N) is 3. The van der Waals surface area contributed by atoms with Crippen LogP contribution in [0.4, 0.5) is 5.82 Å². The quantitative estimate of drug-likeness (QED) is 0.626. The summed E-state index contributed by atoms with van der Waals surface area (Å²) in [5, 5.41) is 3.22. The Kier molecular flexibility index (Phi) is 6.79. The van der Waals surface area contributed by atoms with Gasteiger partial charge in [0.15, 0.2) is 0 Å². The monoisotopic (exact) mass is 390 g/mol. The van der Waals surface area contributed by atoms with Crippen molar-refractivity contribution in [1.29, 1.82) is 0 Å². The predicted octanol–water partition coefficient (Wildman–Crippen LogP) is 4.15. The number of carbonyl (C=O) groups is 1. The minimum atomic E-state index is -0.127. The zero-order chi connectivity index (χ0) is 20.6. The fraction of sp³-hybridized carbons (Fsp3) is 0.261. The fourth-order valence-corrected chi connectivity index (χ4v) is 2.88. The molecule has 3 rings (SSSR count). The number of benzene rings is 2. The van der Waals surface area contributed by atoms with E-state index in [-0.39, 0.29) is 11.9 Å². The molecule has 1 aromatic heterocycles. The van der Waals surface area contributed by atoms with Crippen LogP contribution in [-0.2, 0) is 13.1 Å². The maximum Gasteiger partial charge on any atom is 0.274 e. The summed E-state index contributed by atoms with van der Waals surface area (Å²) in [5.74, 6) is 1.32. The van der Waals surface area contributed by atoms with Crippen LogP contribution in [0, 0.1) is 0 Å². The molecule has 2 aromatic carbocycles. The van der Waals surface area contributed by atoms with Gasteiger partial charge < -0.3 is 15.0 Å². The van der Waals surface area contributed by atoms with Gasteiger partial charge in [-0.25, -0.2) is 9.97 Å². The second-order valence-corrected chi connectivity index (χ2v) is 7.00. The van der Waals surface area contributed by atoms with E-state index in [4.69, 9.17) is 4.74 Å². The molecule has 150 valence electrons. The number of nitrogens with one attached hydrogen (secondary N) is 1. The van der Waals surface area contributed by atoms with E-state index in [0.29, 0.717) is 24.6 Å². The topological polar surface area (TPSA) is 67.3 Å². The molecule has 0 unspecified atom stereocenters. The molecule has 0 saturated heterocycles. The number of aromatic nitrogens is 2. The third kappa shape index (κ3) is 5.54. The predicted molar refractivity (Wildman–Crippen MR) is 114 cm³/mol. The summed E-state index contributed by atoms with van der Waals surface area (Å²) >= 11 is 0. The van der Waals surface area contributed by atoms with Gasteiger partial charge in [-0.05, 0) is 37.1 Å². The van der Waals surface area contributed by atoms with E-state index in [1.807, 2.05) is 68.4 Å². The Hall–Kier alpha value is -3.41. The Balaban J connectivity index is 1.63. The van der Waals surface area contributed by atoms with Gasteiger partial charge in [-0.3, -0.25) is 4.79 Å². The fourth-order valence-electron chi connectivity index (χ4n) is 2.88. The smallest absolute Gasteiger partial charge is 0.274 e. The van der Waals surface area contributed by atoms with Gasteiger partial charge in [-0.1, -0.05) is 42.5 Å². The van der Waals surface area contributed by atoms with Crippen molar-refractivity contribution in [2.45, 2.75) is 33.0 Å². The lowest BCUT2D eigenvalue weighted by atomic mass is 10.2.